The average molecular weight is 357 g/mol. The summed E-state index contributed by atoms with van der Waals surface area (Å²) >= 11 is 0. The first-order valence-electron chi connectivity index (χ1n) is 8.95. The predicted octanol–water partition coefficient (Wildman–Crippen LogP) is 1.55. The summed E-state index contributed by atoms with van der Waals surface area (Å²) in [5, 5.41) is 14.2. The van der Waals surface area contributed by atoms with Crippen molar-refractivity contribution in [1.82, 2.24) is 14.7 Å². The predicted molar refractivity (Wildman–Crippen MR) is 94.1 cm³/mol. The number of aliphatic hydroxyl groups excluding tert-OH is 1. The molecule has 7 heteroatoms. The van der Waals surface area contributed by atoms with E-state index in [0.717, 1.165) is 11.4 Å². The van der Waals surface area contributed by atoms with E-state index in [2.05, 4.69) is 5.10 Å². The fourth-order valence-electron chi connectivity index (χ4n) is 3.85. The van der Waals surface area contributed by atoms with Crippen LogP contribution in [0.1, 0.15) is 24.6 Å². The molecule has 2 fully saturated rings. The minimum atomic E-state index is -0.418. The molecule has 1 aromatic heterocycles. The summed E-state index contributed by atoms with van der Waals surface area (Å²) in [6.07, 6.45) is 2.26. The molecule has 0 bridgehead atoms. The lowest BCUT2D eigenvalue weighted by atomic mass is 9.97. The smallest absolute Gasteiger partial charge is 0.228 e. The van der Waals surface area contributed by atoms with E-state index >= 15 is 0 Å². The largest absolute Gasteiger partial charge is 0.494 e. The van der Waals surface area contributed by atoms with Crippen LogP contribution in [-0.2, 0) is 9.53 Å². The Morgan fingerprint density at radius 2 is 2.15 bits per heavy atom. The lowest BCUT2D eigenvalue weighted by Crippen LogP contribution is -2.36. The van der Waals surface area contributed by atoms with Gasteiger partial charge in [-0.05, 0) is 31.0 Å². The molecule has 2 aliphatic rings. The first-order chi connectivity index (χ1) is 12.7. The van der Waals surface area contributed by atoms with Gasteiger partial charge < -0.3 is 19.5 Å². The fraction of sp³-hybridized carbons (Fsp3) is 0.474. The highest BCUT2D eigenvalue weighted by Crippen LogP contribution is 2.38. The summed E-state index contributed by atoms with van der Waals surface area (Å²) < 4.78 is 13.2. The third kappa shape index (κ3) is 2.97. The summed E-state index contributed by atoms with van der Waals surface area (Å²) in [5.41, 5.74) is 1.65. The standard InChI is InChI=1S/C19H23N3O4/c1-25-17-5-3-2-4-15(17)22-16(6-9-20-22)18-14(8-11-26-18)19(24)21-10-7-13(23)12-21/h2-6,9,13-14,18,23H,7-8,10-12H2,1H3/t13-,14-,18-/m0/s1. The lowest BCUT2D eigenvalue weighted by Gasteiger charge is -2.24. The molecular formula is C19H23N3O4. The molecule has 0 unspecified atom stereocenters. The van der Waals surface area contributed by atoms with E-state index in [4.69, 9.17) is 9.47 Å². The highest BCUT2D eigenvalue weighted by atomic mass is 16.5. The van der Waals surface area contributed by atoms with Gasteiger partial charge in [-0.3, -0.25) is 4.79 Å². The zero-order valence-corrected chi connectivity index (χ0v) is 14.7. The Kier molecular flexibility index (Phi) is 4.65. The van der Waals surface area contributed by atoms with Crippen LogP contribution in [-0.4, -0.2) is 58.6 Å². The van der Waals surface area contributed by atoms with Crippen LogP contribution in [0.15, 0.2) is 36.5 Å². The molecular weight excluding hydrogens is 334 g/mol. The van der Waals surface area contributed by atoms with Gasteiger partial charge in [-0.15, -0.1) is 0 Å². The molecule has 4 rings (SSSR count). The summed E-state index contributed by atoms with van der Waals surface area (Å²) in [5.74, 6) is 0.503. The van der Waals surface area contributed by atoms with Crippen LogP contribution in [0.3, 0.4) is 0 Å². The maximum absolute atomic E-state index is 13.0. The zero-order valence-electron chi connectivity index (χ0n) is 14.7. The number of hydrogen-bond acceptors (Lipinski definition) is 5. The second-order valence-electron chi connectivity index (χ2n) is 6.75. The molecule has 2 aliphatic heterocycles. The first-order valence-corrected chi connectivity index (χ1v) is 8.95. The normalized spacial score (nSPS) is 25.6. The molecule has 3 atom stereocenters. The summed E-state index contributed by atoms with van der Waals surface area (Å²) in [6, 6.07) is 9.53. The van der Waals surface area contributed by atoms with E-state index in [-0.39, 0.29) is 17.9 Å². The minimum absolute atomic E-state index is 0.0526. The number of β-amino-alcohol motifs (C(OH)–C–C–N with tert-alkyl or cyclic N) is 1. The van der Waals surface area contributed by atoms with Crippen molar-refractivity contribution in [3.63, 3.8) is 0 Å². The molecule has 1 aromatic carbocycles. The van der Waals surface area contributed by atoms with E-state index in [1.165, 1.54) is 0 Å². The topological polar surface area (TPSA) is 76.8 Å². The van der Waals surface area contributed by atoms with Crippen molar-refractivity contribution in [2.45, 2.75) is 25.0 Å². The Morgan fingerprint density at radius 3 is 2.92 bits per heavy atom. The molecule has 3 heterocycles. The van der Waals surface area contributed by atoms with Crippen LogP contribution in [0, 0.1) is 5.92 Å². The monoisotopic (exact) mass is 357 g/mol. The first kappa shape index (κ1) is 17.1. The van der Waals surface area contributed by atoms with Crippen LogP contribution in [0.2, 0.25) is 0 Å². The van der Waals surface area contributed by atoms with Crippen molar-refractivity contribution in [1.29, 1.82) is 0 Å². The van der Waals surface area contributed by atoms with Gasteiger partial charge in [0.15, 0.2) is 0 Å². The number of carbonyl (C=O) groups excluding carboxylic acids is 1. The Morgan fingerprint density at radius 1 is 1.31 bits per heavy atom. The van der Waals surface area contributed by atoms with Gasteiger partial charge >= 0.3 is 0 Å². The van der Waals surface area contributed by atoms with Crippen LogP contribution >= 0.6 is 0 Å². The molecule has 0 spiro atoms. The third-order valence-electron chi connectivity index (χ3n) is 5.16. The van der Waals surface area contributed by atoms with Gasteiger partial charge in [0.25, 0.3) is 0 Å². The summed E-state index contributed by atoms with van der Waals surface area (Å²) in [7, 11) is 1.62. The maximum Gasteiger partial charge on any atom is 0.228 e. The molecule has 7 nitrogen and oxygen atoms in total. The molecule has 0 saturated carbocycles. The Hall–Kier alpha value is -2.38. The molecule has 1 N–H and O–H groups in total. The number of aromatic nitrogens is 2. The Labute approximate surface area is 152 Å². The molecule has 138 valence electrons. The highest BCUT2D eigenvalue weighted by molar-refractivity contribution is 5.80. The van der Waals surface area contributed by atoms with E-state index in [1.807, 2.05) is 30.3 Å². The summed E-state index contributed by atoms with van der Waals surface area (Å²) in [4.78, 5) is 14.7. The quantitative estimate of drug-likeness (QED) is 0.898. The number of rotatable bonds is 4. The van der Waals surface area contributed by atoms with Crippen LogP contribution in [0.5, 0.6) is 5.75 Å². The lowest BCUT2D eigenvalue weighted by molar-refractivity contribution is -0.136. The second-order valence-corrected chi connectivity index (χ2v) is 6.75. The average Bonchev–Trinajstić information content (AvgIpc) is 3.40. The van der Waals surface area contributed by atoms with Gasteiger partial charge in [0, 0.05) is 25.9 Å². The number of carbonyl (C=O) groups is 1. The number of hydrogen-bond donors (Lipinski definition) is 1. The van der Waals surface area contributed by atoms with Gasteiger partial charge in [-0.2, -0.15) is 5.10 Å². The third-order valence-corrected chi connectivity index (χ3v) is 5.16. The number of para-hydroxylation sites is 2. The maximum atomic E-state index is 13.0. The van der Waals surface area contributed by atoms with Crippen LogP contribution in [0.4, 0.5) is 0 Å². The van der Waals surface area contributed by atoms with Gasteiger partial charge in [0.1, 0.15) is 17.5 Å². The zero-order chi connectivity index (χ0) is 18.1. The van der Waals surface area contributed by atoms with E-state index in [1.54, 1.807) is 22.9 Å². The number of methoxy groups -OCH3 is 1. The molecule has 26 heavy (non-hydrogen) atoms. The van der Waals surface area contributed by atoms with E-state index < -0.39 is 6.10 Å². The van der Waals surface area contributed by atoms with Gasteiger partial charge in [-0.1, -0.05) is 12.1 Å². The van der Waals surface area contributed by atoms with Crippen LogP contribution in [0.25, 0.3) is 5.69 Å². The fourth-order valence-corrected chi connectivity index (χ4v) is 3.85. The molecule has 1 amide bonds. The molecule has 0 aliphatic carbocycles. The van der Waals surface area contributed by atoms with Crippen molar-refractivity contribution >= 4 is 5.91 Å². The molecule has 0 radical (unpaired) electrons. The number of aliphatic hydroxyl groups is 1. The number of likely N-dealkylation sites (tertiary alicyclic amines) is 1. The van der Waals surface area contributed by atoms with Crippen molar-refractivity contribution < 1.29 is 19.4 Å². The van der Waals surface area contributed by atoms with Crippen LogP contribution < -0.4 is 4.74 Å². The van der Waals surface area contributed by atoms with Gasteiger partial charge in [0.2, 0.25) is 5.91 Å². The minimum Gasteiger partial charge on any atom is -0.494 e. The second kappa shape index (κ2) is 7.09. The highest BCUT2D eigenvalue weighted by Gasteiger charge is 2.41. The van der Waals surface area contributed by atoms with E-state index in [0.29, 0.717) is 38.3 Å². The van der Waals surface area contributed by atoms with Gasteiger partial charge in [0.05, 0.1) is 24.8 Å². The van der Waals surface area contributed by atoms with Crippen molar-refractivity contribution in [2.24, 2.45) is 5.92 Å². The number of amides is 1. The Balaban J connectivity index is 1.63. The number of ether oxygens (including phenoxy) is 2. The van der Waals surface area contributed by atoms with E-state index in [9.17, 15) is 9.90 Å². The number of benzene rings is 1. The van der Waals surface area contributed by atoms with Crippen molar-refractivity contribution in [2.75, 3.05) is 26.8 Å². The SMILES string of the molecule is COc1ccccc1-n1nccc1[C@H]1OCC[C@@H]1C(=O)N1CC[C@H](O)C1. The summed E-state index contributed by atoms with van der Waals surface area (Å²) in [6.45, 7) is 1.55. The number of nitrogens with zero attached hydrogens (tertiary/aromatic N) is 3. The van der Waals surface area contributed by atoms with Crippen molar-refractivity contribution in [3.8, 4) is 11.4 Å². The Bertz CT molecular complexity index is 791. The van der Waals surface area contributed by atoms with Crippen molar-refractivity contribution in [3.05, 3.63) is 42.2 Å². The molecule has 2 aromatic rings. The van der Waals surface area contributed by atoms with Gasteiger partial charge in [-0.25, -0.2) is 4.68 Å². The molecule has 2 saturated heterocycles.